The number of pyridine rings is 1. The number of aromatic nitrogens is 1. The fraction of sp³-hybridized carbons (Fsp3) is 0.250. The Morgan fingerprint density at radius 2 is 2.00 bits per heavy atom. The first-order valence-electron chi connectivity index (χ1n) is 4.75. The standard InChI is InChI=1S/C12H13NO/c1-8(2)9-3-4-10-6-13-7-12(14)11(10)5-9/h3-8,14H,1-2H3. The molecule has 0 bridgehead atoms. The normalized spacial score (nSPS) is 11.1. The third kappa shape index (κ3) is 1.43. The molecule has 1 aromatic heterocycles. The number of rotatable bonds is 1. The fourth-order valence-corrected chi connectivity index (χ4v) is 1.53. The van der Waals surface area contributed by atoms with Crippen LogP contribution >= 0.6 is 0 Å². The Balaban J connectivity index is 2.70. The summed E-state index contributed by atoms with van der Waals surface area (Å²) in [4.78, 5) is 3.94. The van der Waals surface area contributed by atoms with E-state index in [4.69, 9.17) is 0 Å². The van der Waals surface area contributed by atoms with Crippen molar-refractivity contribution in [1.29, 1.82) is 0 Å². The third-order valence-corrected chi connectivity index (χ3v) is 2.43. The minimum absolute atomic E-state index is 0.255. The lowest BCUT2D eigenvalue weighted by molar-refractivity contribution is 0.479. The van der Waals surface area contributed by atoms with Crippen molar-refractivity contribution >= 4 is 10.8 Å². The average Bonchev–Trinajstić information content (AvgIpc) is 2.18. The maximum absolute atomic E-state index is 9.61. The van der Waals surface area contributed by atoms with Gasteiger partial charge in [0.05, 0.1) is 6.20 Å². The predicted octanol–water partition coefficient (Wildman–Crippen LogP) is 3.06. The molecule has 0 saturated carbocycles. The van der Waals surface area contributed by atoms with Crippen molar-refractivity contribution in [3.8, 4) is 5.75 Å². The zero-order valence-corrected chi connectivity index (χ0v) is 8.36. The molecule has 1 heterocycles. The Hall–Kier alpha value is -1.57. The van der Waals surface area contributed by atoms with Crippen LogP contribution in [0.4, 0.5) is 0 Å². The van der Waals surface area contributed by atoms with Crippen molar-refractivity contribution in [3.63, 3.8) is 0 Å². The SMILES string of the molecule is CC(C)c1ccc2cncc(O)c2c1. The Bertz CT molecular complexity index is 463. The maximum Gasteiger partial charge on any atom is 0.141 e. The summed E-state index contributed by atoms with van der Waals surface area (Å²) in [5.74, 6) is 0.733. The molecule has 72 valence electrons. The highest BCUT2D eigenvalue weighted by Crippen LogP contribution is 2.26. The Kier molecular flexibility index (Phi) is 2.12. The minimum atomic E-state index is 0.255. The zero-order valence-electron chi connectivity index (χ0n) is 8.36. The van der Waals surface area contributed by atoms with Crippen LogP contribution in [0.3, 0.4) is 0 Å². The number of nitrogens with zero attached hydrogens (tertiary/aromatic N) is 1. The molecule has 2 aromatic rings. The Labute approximate surface area is 83.2 Å². The van der Waals surface area contributed by atoms with Crippen molar-refractivity contribution in [2.24, 2.45) is 0 Å². The molecule has 0 fully saturated rings. The number of hydrogen-bond donors (Lipinski definition) is 1. The van der Waals surface area contributed by atoms with Gasteiger partial charge in [-0.3, -0.25) is 4.98 Å². The van der Waals surface area contributed by atoms with Crippen LogP contribution in [-0.2, 0) is 0 Å². The van der Waals surface area contributed by atoms with Gasteiger partial charge in [0, 0.05) is 17.0 Å². The molecular weight excluding hydrogens is 174 g/mol. The van der Waals surface area contributed by atoms with Crippen molar-refractivity contribution in [3.05, 3.63) is 36.2 Å². The van der Waals surface area contributed by atoms with Crippen LogP contribution in [0.15, 0.2) is 30.6 Å². The van der Waals surface area contributed by atoms with Gasteiger partial charge in [-0.1, -0.05) is 26.0 Å². The van der Waals surface area contributed by atoms with Crippen molar-refractivity contribution in [2.75, 3.05) is 0 Å². The topological polar surface area (TPSA) is 33.1 Å². The lowest BCUT2D eigenvalue weighted by Gasteiger charge is -2.07. The smallest absolute Gasteiger partial charge is 0.141 e. The molecule has 1 N–H and O–H groups in total. The summed E-state index contributed by atoms with van der Waals surface area (Å²) < 4.78 is 0. The van der Waals surface area contributed by atoms with Crippen LogP contribution in [0.1, 0.15) is 25.3 Å². The summed E-state index contributed by atoms with van der Waals surface area (Å²) in [6.07, 6.45) is 3.24. The van der Waals surface area contributed by atoms with Crippen LogP contribution in [0.25, 0.3) is 10.8 Å². The van der Waals surface area contributed by atoms with E-state index in [-0.39, 0.29) is 5.75 Å². The number of hydrogen-bond acceptors (Lipinski definition) is 2. The van der Waals surface area contributed by atoms with Crippen LogP contribution in [-0.4, -0.2) is 10.1 Å². The van der Waals surface area contributed by atoms with E-state index in [2.05, 4.69) is 24.9 Å². The van der Waals surface area contributed by atoms with Crippen LogP contribution in [0, 0.1) is 0 Å². The van der Waals surface area contributed by atoms with Crippen LogP contribution < -0.4 is 0 Å². The molecule has 0 radical (unpaired) electrons. The second kappa shape index (κ2) is 3.29. The first-order valence-corrected chi connectivity index (χ1v) is 4.75. The van der Waals surface area contributed by atoms with E-state index in [1.54, 1.807) is 6.20 Å². The quantitative estimate of drug-likeness (QED) is 0.744. The highest BCUT2D eigenvalue weighted by atomic mass is 16.3. The summed E-state index contributed by atoms with van der Waals surface area (Å²) in [6.45, 7) is 4.28. The van der Waals surface area contributed by atoms with Crippen LogP contribution in [0.5, 0.6) is 5.75 Å². The van der Waals surface area contributed by atoms with Gasteiger partial charge in [-0.15, -0.1) is 0 Å². The largest absolute Gasteiger partial charge is 0.506 e. The van der Waals surface area contributed by atoms with Gasteiger partial charge in [0.2, 0.25) is 0 Å². The molecule has 1 aromatic carbocycles. The predicted molar refractivity (Wildman–Crippen MR) is 57.5 cm³/mol. The van der Waals surface area contributed by atoms with E-state index in [1.165, 1.54) is 11.8 Å². The Morgan fingerprint density at radius 1 is 1.21 bits per heavy atom. The van der Waals surface area contributed by atoms with Gasteiger partial charge in [-0.05, 0) is 17.5 Å². The second-order valence-corrected chi connectivity index (χ2v) is 3.79. The molecule has 0 aliphatic rings. The lowest BCUT2D eigenvalue weighted by Crippen LogP contribution is -1.87. The van der Waals surface area contributed by atoms with Crippen molar-refractivity contribution in [2.45, 2.75) is 19.8 Å². The monoisotopic (exact) mass is 187 g/mol. The molecule has 2 heteroatoms. The summed E-state index contributed by atoms with van der Waals surface area (Å²) >= 11 is 0. The highest BCUT2D eigenvalue weighted by Gasteiger charge is 2.03. The highest BCUT2D eigenvalue weighted by molar-refractivity contribution is 5.87. The minimum Gasteiger partial charge on any atom is -0.506 e. The van der Waals surface area contributed by atoms with Gasteiger partial charge in [0.15, 0.2) is 0 Å². The molecule has 0 amide bonds. The number of benzene rings is 1. The zero-order chi connectivity index (χ0) is 10.1. The van der Waals surface area contributed by atoms with E-state index in [9.17, 15) is 5.11 Å². The van der Waals surface area contributed by atoms with Gasteiger partial charge >= 0.3 is 0 Å². The van der Waals surface area contributed by atoms with E-state index < -0.39 is 0 Å². The lowest BCUT2D eigenvalue weighted by atomic mass is 10.00. The summed E-state index contributed by atoms with van der Waals surface area (Å²) in [5.41, 5.74) is 1.24. The van der Waals surface area contributed by atoms with E-state index >= 15 is 0 Å². The molecule has 0 atom stereocenters. The van der Waals surface area contributed by atoms with Gasteiger partial charge in [-0.25, -0.2) is 0 Å². The third-order valence-electron chi connectivity index (χ3n) is 2.43. The van der Waals surface area contributed by atoms with E-state index in [0.717, 1.165) is 10.8 Å². The summed E-state index contributed by atoms with van der Waals surface area (Å²) in [6, 6.07) is 6.10. The summed E-state index contributed by atoms with van der Waals surface area (Å²) in [5, 5.41) is 11.5. The number of aromatic hydroxyl groups is 1. The number of fused-ring (bicyclic) bond motifs is 1. The Morgan fingerprint density at radius 3 is 2.71 bits per heavy atom. The van der Waals surface area contributed by atoms with Crippen LogP contribution in [0.2, 0.25) is 0 Å². The molecule has 0 saturated heterocycles. The molecule has 0 spiro atoms. The second-order valence-electron chi connectivity index (χ2n) is 3.79. The first-order chi connectivity index (χ1) is 6.68. The maximum atomic E-state index is 9.61. The average molecular weight is 187 g/mol. The van der Waals surface area contributed by atoms with Gasteiger partial charge in [0.25, 0.3) is 0 Å². The molecule has 2 rings (SSSR count). The molecule has 0 aliphatic carbocycles. The van der Waals surface area contributed by atoms with Gasteiger partial charge < -0.3 is 5.11 Å². The van der Waals surface area contributed by atoms with Gasteiger partial charge in [-0.2, -0.15) is 0 Å². The molecule has 0 unspecified atom stereocenters. The van der Waals surface area contributed by atoms with Crippen molar-refractivity contribution in [1.82, 2.24) is 4.98 Å². The molecule has 2 nitrogen and oxygen atoms in total. The summed E-state index contributed by atoms with van der Waals surface area (Å²) in [7, 11) is 0. The van der Waals surface area contributed by atoms with E-state index in [0.29, 0.717) is 5.92 Å². The van der Waals surface area contributed by atoms with E-state index in [1.807, 2.05) is 12.1 Å². The fourth-order valence-electron chi connectivity index (χ4n) is 1.53. The van der Waals surface area contributed by atoms with Crippen molar-refractivity contribution < 1.29 is 5.11 Å². The molecule has 0 aliphatic heterocycles. The molecular formula is C12H13NO. The first kappa shape index (κ1) is 9.00. The molecule has 14 heavy (non-hydrogen) atoms. The van der Waals surface area contributed by atoms with Gasteiger partial charge in [0.1, 0.15) is 5.75 Å².